The summed E-state index contributed by atoms with van der Waals surface area (Å²) in [6, 6.07) is 20.0. The molecule has 0 aromatic heterocycles. The average molecular weight is 548 g/mol. The lowest BCUT2D eigenvalue weighted by atomic mass is 10.0. The second-order valence-corrected chi connectivity index (χ2v) is 8.58. The minimum Gasteiger partial charge on any atom is -0.491 e. The molecule has 0 fully saturated rings. The van der Waals surface area contributed by atoms with Gasteiger partial charge in [-0.15, -0.1) is 0 Å². The largest absolute Gasteiger partial charge is 0.491 e. The molecule has 2 amide bonds. The van der Waals surface area contributed by atoms with Crippen LogP contribution in [-0.4, -0.2) is 48.8 Å². The van der Waals surface area contributed by atoms with Crippen molar-refractivity contribution in [3.05, 3.63) is 96.1 Å². The molecule has 0 radical (unpaired) electrons. The van der Waals surface area contributed by atoms with Crippen molar-refractivity contribution in [2.24, 2.45) is 0 Å². The monoisotopic (exact) mass is 547 g/mol. The molecule has 0 bridgehead atoms. The van der Waals surface area contributed by atoms with E-state index in [1.54, 1.807) is 79.7 Å². The Hall–Kier alpha value is -4.67. The highest BCUT2D eigenvalue weighted by Gasteiger charge is 2.27. The van der Waals surface area contributed by atoms with Crippen molar-refractivity contribution < 1.29 is 33.7 Å². The van der Waals surface area contributed by atoms with Gasteiger partial charge in [0.15, 0.2) is 11.9 Å². The molecule has 0 heterocycles. The number of benzene rings is 3. The molecule has 2 atom stereocenters. The lowest BCUT2D eigenvalue weighted by Gasteiger charge is -2.25. The molecule has 3 rings (SSSR count). The summed E-state index contributed by atoms with van der Waals surface area (Å²) in [6.07, 6.45) is 0.252. The third-order valence-corrected chi connectivity index (χ3v) is 5.65. The molecular weight excluding hydrogens is 514 g/mol. The molecule has 0 saturated heterocycles. The number of hydrogen-bond acceptors (Lipinski definition) is 8. The van der Waals surface area contributed by atoms with E-state index in [-0.39, 0.29) is 25.6 Å². The van der Waals surface area contributed by atoms with Gasteiger partial charge in [-0.05, 0) is 74.0 Å². The van der Waals surface area contributed by atoms with E-state index < -0.39 is 24.2 Å². The molecule has 0 unspecified atom stereocenters. The standard InChI is InChI=1S/C30H33N3O7/c1-3-38-27(16-17-28(36)33-26-7-5-4-6-25(26)31)29(22-10-14-24(15-11-22)39-19-18-34)40-30(37)32-23-12-8-21(9-13-23)20(2)35/h4-17,27,29,34H,3,18-19,31H2,1-2H3,(H,32,37)(H,33,36)/b17-16+/t27-,29-/m1/s1. The van der Waals surface area contributed by atoms with Gasteiger partial charge in [-0.25, -0.2) is 4.79 Å². The van der Waals surface area contributed by atoms with Gasteiger partial charge in [-0.3, -0.25) is 14.9 Å². The van der Waals surface area contributed by atoms with Gasteiger partial charge in [0.05, 0.1) is 18.0 Å². The molecule has 0 aliphatic carbocycles. The van der Waals surface area contributed by atoms with Crippen LogP contribution in [0.1, 0.15) is 35.9 Å². The summed E-state index contributed by atoms with van der Waals surface area (Å²) in [4.78, 5) is 37.1. The van der Waals surface area contributed by atoms with Crippen LogP contribution in [-0.2, 0) is 14.3 Å². The third-order valence-electron chi connectivity index (χ3n) is 5.65. The van der Waals surface area contributed by atoms with Gasteiger partial charge in [0.1, 0.15) is 18.5 Å². The zero-order valence-electron chi connectivity index (χ0n) is 22.3. The number of ether oxygens (including phenoxy) is 3. The molecule has 40 heavy (non-hydrogen) atoms. The van der Waals surface area contributed by atoms with Gasteiger partial charge in [-0.1, -0.05) is 24.3 Å². The van der Waals surface area contributed by atoms with Crippen LogP contribution in [0.25, 0.3) is 0 Å². The topological polar surface area (TPSA) is 149 Å². The number of carbonyl (C=O) groups is 3. The summed E-state index contributed by atoms with van der Waals surface area (Å²) in [7, 11) is 0. The van der Waals surface area contributed by atoms with Crippen molar-refractivity contribution >= 4 is 34.8 Å². The molecule has 210 valence electrons. The number of carbonyl (C=O) groups excluding carboxylic acids is 3. The van der Waals surface area contributed by atoms with Gasteiger partial charge in [0.2, 0.25) is 5.91 Å². The molecule has 5 N–H and O–H groups in total. The molecule has 0 spiro atoms. The van der Waals surface area contributed by atoms with E-state index in [0.29, 0.717) is 33.9 Å². The number of aliphatic hydroxyl groups excluding tert-OH is 1. The Morgan fingerprint density at radius 2 is 1.68 bits per heavy atom. The Balaban J connectivity index is 1.82. The number of para-hydroxylation sites is 2. The number of rotatable bonds is 13. The van der Waals surface area contributed by atoms with Crippen molar-refractivity contribution in [1.29, 1.82) is 0 Å². The maximum atomic E-state index is 12.9. The summed E-state index contributed by atoms with van der Waals surface area (Å²) in [5, 5.41) is 14.4. The molecule has 0 aliphatic heterocycles. The number of nitrogen functional groups attached to an aromatic ring is 1. The molecule has 3 aromatic carbocycles. The van der Waals surface area contributed by atoms with E-state index in [0.717, 1.165) is 0 Å². The Morgan fingerprint density at radius 1 is 0.975 bits per heavy atom. The fourth-order valence-electron chi connectivity index (χ4n) is 3.70. The number of anilines is 3. The predicted octanol–water partition coefficient (Wildman–Crippen LogP) is 4.73. The maximum Gasteiger partial charge on any atom is 0.412 e. The first-order chi connectivity index (χ1) is 19.3. The number of Topliss-reactive ketones (excluding diaryl/α,β-unsaturated/α-hetero) is 1. The van der Waals surface area contributed by atoms with Crippen LogP contribution in [0, 0.1) is 0 Å². The van der Waals surface area contributed by atoms with Crippen LogP contribution in [0.15, 0.2) is 84.9 Å². The van der Waals surface area contributed by atoms with E-state index in [2.05, 4.69) is 10.6 Å². The molecule has 10 heteroatoms. The minimum absolute atomic E-state index is 0.0917. The number of nitrogens with two attached hydrogens (primary N) is 1. The summed E-state index contributed by atoms with van der Waals surface area (Å²) in [5.74, 6) is -0.00931. The predicted molar refractivity (Wildman–Crippen MR) is 152 cm³/mol. The number of ketones is 1. The van der Waals surface area contributed by atoms with Crippen LogP contribution in [0.3, 0.4) is 0 Å². The van der Waals surface area contributed by atoms with Crippen LogP contribution in [0.5, 0.6) is 5.75 Å². The van der Waals surface area contributed by atoms with Crippen LogP contribution < -0.4 is 21.1 Å². The molecule has 0 aliphatic rings. The van der Waals surface area contributed by atoms with E-state index in [1.807, 2.05) is 0 Å². The van der Waals surface area contributed by atoms with Crippen LogP contribution >= 0.6 is 0 Å². The second kappa shape index (κ2) is 15.1. The zero-order chi connectivity index (χ0) is 28.9. The molecule has 3 aromatic rings. The molecule has 0 saturated carbocycles. The first-order valence-electron chi connectivity index (χ1n) is 12.7. The van der Waals surface area contributed by atoms with Crippen LogP contribution in [0.4, 0.5) is 21.9 Å². The lowest BCUT2D eigenvalue weighted by molar-refractivity contribution is -0.112. The number of amides is 2. The van der Waals surface area contributed by atoms with Gasteiger partial charge in [0.25, 0.3) is 0 Å². The first kappa shape index (κ1) is 29.9. The van der Waals surface area contributed by atoms with Crippen molar-refractivity contribution in [3.63, 3.8) is 0 Å². The van der Waals surface area contributed by atoms with Crippen molar-refractivity contribution in [3.8, 4) is 5.75 Å². The smallest absolute Gasteiger partial charge is 0.412 e. The van der Waals surface area contributed by atoms with E-state index >= 15 is 0 Å². The fourth-order valence-corrected chi connectivity index (χ4v) is 3.70. The second-order valence-electron chi connectivity index (χ2n) is 8.58. The Labute approximate surface area is 232 Å². The lowest BCUT2D eigenvalue weighted by Crippen LogP contribution is -2.28. The Morgan fingerprint density at radius 3 is 2.30 bits per heavy atom. The summed E-state index contributed by atoms with van der Waals surface area (Å²) >= 11 is 0. The number of aliphatic hydroxyl groups is 1. The first-order valence-corrected chi connectivity index (χ1v) is 12.7. The fraction of sp³-hybridized carbons (Fsp3) is 0.233. The zero-order valence-corrected chi connectivity index (χ0v) is 22.3. The quantitative estimate of drug-likeness (QED) is 0.136. The maximum absolute atomic E-state index is 12.9. The summed E-state index contributed by atoms with van der Waals surface area (Å²) < 4.78 is 17.1. The van der Waals surface area contributed by atoms with E-state index in [1.165, 1.54) is 19.1 Å². The van der Waals surface area contributed by atoms with Gasteiger partial charge in [-0.2, -0.15) is 0 Å². The SMILES string of the molecule is CCO[C@H](/C=C/C(=O)Nc1ccccc1N)[C@H](OC(=O)Nc1ccc(C(C)=O)cc1)c1ccc(OCCO)cc1. The van der Waals surface area contributed by atoms with Crippen molar-refractivity contribution in [2.45, 2.75) is 26.1 Å². The highest BCUT2D eigenvalue weighted by atomic mass is 16.6. The van der Waals surface area contributed by atoms with Crippen molar-refractivity contribution in [2.75, 3.05) is 36.2 Å². The average Bonchev–Trinajstić information content (AvgIpc) is 2.95. The Kier molecular flexibility index (Phi) is 11.2. The van der Waals surface area contributed by atoms with E-state index in [9.17, 15) is 14.4 Å². The van der Waals surface area contributed by atoms with Gasteiger partial charge in [0, 0.05) is 23.9 Å². The Bertz CT molecular complexity index is 1310. The normalized spacial score (nSPS) is 12.4. The molecular formula is C30H33N3O7. The summed E-state index contributed by atoms with van der Waals surface area (Å²) in [6.45, 7) is 3.52. The van der Waals surface area contributed by atoms with E-state index in [4.69, 9.17) is 25.1 Å². The number of nitrogens with one attached hydrogen (secondary N) is 2. The highest BCUT2D eigenvalue weighted by molar-refractivity contribution is 6.01. The van der Waals surface area contributed by atoms with Crippen LogP contribution in [0.2, 0.25) is 0 Å². The molecule has 10 nitrogen and oxygen atoms in total. The van der Waals surface area contributed by atoms with Gasteiger partial charge >= 0.3 is 6.09 Å². The summed E-state index contributed by atoms with van der Waals surface area (Å²) in [5.41, 5.74) is 8.32. The minimum atomic E-state index is -0.950. The highest BCUT2D eigenvalue weighted by Crippen LogP contribution is 2.28. The van der Waals surface area contributed by atoms with Gasteiger partial charge < -0.3 is 30.4 Å². The third kappa shape index (κ3) is 8.97. The van der Waals surface area contributed by atoms with Crippen molar-refractivity contribution in [1.82, 2.24) is 0 Å². The number of hydrogen-bond donors (Lipinski definition) is 4.